The largest absolute Gasteiger partial charge is 0.429 e. The summed E-state index contributed by atoms with van der Waals surface area (Å²) in [7, 11) is 0. The van der Waals surface area contributed by atoms with E-state index in [9.17, 15) is 22.0 Å². The van der Waals surface area contributed by atoms with Crippen LogP contribution in [0.2, 0.25) is 0 Å². The Morgan fingerprint density at radius 1 is 1.07 bits per heavy atom. The lowest BCUT2D eigenvalue weighted by atomic mass is 9.96. The van der Waals surface area contributed by atoms with Gasteiger partial charge in [0, 0.05) is 6.07 Å². The van der Waals surface area contributed by atoms with Crippen LogP contribution in [-0.4, -0.2) is 6.11 Å². The fraction of sp³-hybridized carbons (Fsp3) is 0.565. The highest BCUT2D eigenvalue weighted by Crippen LogP contribution is 2.32. The molecule has 1 atom stereocenters. The number of alkyl halides is 2. The maximum absolute atomic E-state index is 14.2. The molecule has 0 saturated heterocycles. The minimum absolute atomic E-state index is 0.0687. The first-order valence-corrected chi connectivity index (χ1v) is 10.1. The molecule has 0 amide bonds. The topological polar surface area (TPSA) is 9.23 Å². The van der Waals surface area contributed by atoms with Crippen molar-refractivity contribution in [1.29, 1.82) is 0 Å². The molecule has 0 aliphatic carbocycles. The minimum atomic E-state index is -3.99. The van der Waals surface area contributed by atoms with E-state index in [4.69, 9.17) is 0 Å². The lowest BCUT2D eigenvalue weighted by Gasteiger charge is -2.19. The Balaban J connectivity index is 0. The number of halogens is 5. The standard InChI is InChI=1S/C19H23F5O.2C2H6/c1-5-6-7-12(2)13(3)10-17(21)14(4)19(23,24)25-15-8-9-16(20)18(22)11-15;2*1-2/h8-12H,5-7H2,1-4H3;2*1-2H3/b13-10+,17-14-;;. The number of hydrogen-bond donors (Lipinski definition) is 0. The average molecular weight is 423 g/mol. The third kappa shape index (κ3) is 10.5. The van der Waals surface area contributed by atoms with Crippen molar-refractivity contribution in [3.05, 3.63) is 52.9 Å². The van der Waals surface area contributed by atoms with Gasteiger partial charge in [-0.2, -0.15) is 8.78 Å². The Bertz CT molecular complexity index is 651. The number of benzene rings is 1. The average Bonchev–Trinajstić information content (AvgIpc) is 2.70. The van der Waals surface area contributed by atoms with Crippen molar-refractivity contribution in [2.75, 3.05) is 0 Å². The van der Waals surface area contributed by atoms with Crippen molar-refractivity contribution in [3.8, 4) is 5.75 Å². The Hall–Kier alpha value is -1.85. The molecule has 1 aromatic carbocycles. The Morgan fingerprint density at radius 3 is 2.10 bits per heavy atom. The van der Waals surface area contributed by atoms with E-state index in [1.165, 1.54) is 0 Å². The number of ether oxygens (including phenoxy) is 1. The zero-order chi connectivity index (χ0) is 23.2. The molecular formula is C23H35F5O. The molecule has 0 aromatic heterocycles. The van der Waals surface area contributed by atoms with Crippen LogP contribution in [-0.2, 0) is 0 Å². The van der Waals surface area contributed by atoms with Crippen LogP contribution < -0.4 is 4.74 Å². The summed E-state index contributed by atoms with van der Waals surface area (Å²) in [6.07, 6.45) is -0.121. The van der Waals surface area contributed by atoms with Crippen LogP contribution in [0, 0.1) is 17.6 Å². The molecule has 1 nitrogen and oxygen atoms in total. The molecule has 6 heteroatoms. The maximum Gasteiger partial charge on any atom is 0.425 e. The third-order valence-electron chi connectivity index (χ3n) is 4.05. The van der Waals surface area contributed by atoms with Gasteiger partial charge in [0.15, 0.2) is 11.6 Å². The normalized spacial score (nSPS) is 13.3. The molecule has 1 unspecified atom stereocenters. The SMILES string of the molecule is CC.CC.CCCCC(C)/C(C)=C/C(F)=C(\C)C(F)(F)Oc1ccc(F)c(F)c1. The molecule has 0 N–H and O–H groups in total. The molecule has 0 fully saturated rings. The van der Waals surface area contributed by atoms with Gasteiger partial charge in [0.1, 0.15) is 11.6 Å². The lowest BCUT2D eigenvalue weighted by Crippen LogP contribution is -2.27. The molecule has 0 saturated carbocycles. The molecule has 168 valence electrons. The van der Waals surface area contributed by atoms with E-state index in [2.05, 4.69) is 4.74 Å². The van der Waals surface area contributed by atoms with Gasteiger partial charge < -0.3 is 4.74 Å². The quantitative estimate of drug-likeness (QED) is 0.300. The van der Waals surface area contributed by atoms with Crippen molar-refractivity contribution in [2.24, 2.45) is 5.92 Å². The highest BCUT2D eigenvalue weighted by atomic mass is 19.3. The molecule has 0 radical (unpaired) electrons. The summed E-state index contributed by atoms with van der Waals surface area (Å²) in [6.45, 7) is 14.5. The molecule has 0 bridgehead atoms. The van der Waals surface area contributed by atoms with Gasteiger partial charge in [-0.1, -0.05) is 60.0 Å². The molecule has 1 aromatic rings. The smallest absolute Gasteiger partial charge is 0.425 e. The van der Waals surface area contributed by atoms with Crippen LogP contribution >= 0.6 is 0 Å². The number of allylic oxidation sites excluding steroid dienone is 3. The van der Waals surface area contributed by atoms with Crippen molar-refractivity contribution in [3.63, 3.8) is 0 Å². The Kier molecular flexibility index (Phi) is 15.2. The van der Waals surface area contributed by atoms with Crippen molar-refractivity contribution < 1.29 is 26.7 Å². The van der Waals surface area contributed by atoms with Gasteiger partial charge >= 0.3 is 6.11 Å². The third-order valence-corrected chi connectivity index (χ3v) is 4.05. The van der Waals surface area contributed by atoms with E-state index in [0.29, 0.717) is 17.7 Å². The van der Waals surface area contributed by atoms with Crippen LogP contribution in [0.25, 0.3) is 0 Å². The van der Waals surface area contributed by atoms with Gasteiger partial charge in [-0.25, -0.2) is 13.2 Å². The summed E-state index contributed by atoms with van der Waals surface area (Å²) in [6, 6.07) is 2.00. The molecular weight excluding hydrogens is 387 g/mol. The summed E-state index contributed by atoms with van der Waals surface area (Å²) in [5, 5.41) is 0. The minimum Gasteiger partial charge on any atom is -0.429 e. The zero-order valence-corrected chi connectivity index (χ0v) is 18.8. The first kappa shape index (κ1) is 29.4. The Labute approximate surface area is 172 Å². The van der Waals surface area contributed by atoms with Crippen molar-refractivity contribution in [1.82, 2.24) is 0 Å². The molecule has 0 heterocycles. The van der Waals surface area contributed by atoms with E-state index in [1.807, 2.05) is 41.5 Å². The van der Waals surface area contributed by atoms with Gasteiger partial charge in [0.2, 0.25) is 0 Å². The van der Waals surface area contributed by atoms with Gasteiger partial charge in [0.05, 0.1) is 5.57 Å². The molecule has 0 spiro atoms. The van der Waals surface area contributed by atoms with E-state index < -0.39 is 34.9 Å². The second-order valence-corrected chi connectivity index (χ2v) is 6.10. The van der Waals surface area contributed by atoms with Gasteiger partial charge in [-0.15, -0.1) is 0 Å². The van der Waals surface area contributed by atoms with Crippen LogP contribution in [0.3, 0.4) is 0 Å². The van der Waals surface area contributed by atoms with E-state index in [1.54, 1.807) is 6.92 Å². The summed E-state index contributed by atoms with van der Waals surface area (Å²) in [5.41, 5.74) is -0.284. The van der Waals surface area contributed by atoms with E-state index in [0.717, 1.165) is 38.3 Å². The molecule has 0 aliphatic rings. The highest BCUT2D eigenvalue weighted by molar-refractivity contribution is 5.29. The van der Waals surface area contributed by atoms with E-state index >= 15 is 0 Å². The monoisotopic (exact) mass is 422 g/mol. The number of rotatable bonds is 8. The fourth-order valence-electron chi connectivity index (χ4n) is 2.09. The predicted molar refractivity (Wildman–Crippen MR) is 111 cm³/mol. The Morgan fingerprint density at radius 2 is 1.62 bits per heavy atom. The zero-order valence-electron chi connectivity index (χ0n) is 18.8. The number of hydrogen-bond acceptors (Lipinski definition) is 1. The van der Waals surface area contributed by atoms with Crippen molar-refractivity contribution >= 4 is 0 Å². The van der Waals surface area contributed by atoms with Gasteiger partial charge in [-0.05, 0) is 44.4 Å². The van der Waals surface area contributed by atoms with Gasteiger partial charge in [0.25, 0.3) is 0 Å². The lowest BCUT2D eigenvalue weighted by molar-refractivity contribution is -0.143. The highest BCUT2D eigenvalue weighted by Gasteiger charge is 2.37. The molecule has 0 aliphatic heterocycles. The first-order chi connectivity index (χ1) is 13.6. The molecule has 29 heavy (non-hydrogen) atoms. The summed E-state index contributed by atoms with van der Waals surface area (Å²) < 4.78 is 72.6. The van der Waals surface area contributed by atoms with Crippen LogP contribution in [0.4, 0.5) is 22.0 Å². The molecule has 1 rings (SSSR count). The fourth-order valence-corrected chi connectivity index (χ4v) is 2.09. The second kappa shape index (κ2) is 15.1. The maximum atomic E-state index is 14.2. The summed E-state index contributed by atoms with van der Waals surface area (Å²) >= 11 is 0. The predicted octanol–water partition coefficient (Wildman–Crippen LogP) is 9.00. The van der Waals surface area contributed by atoms with Crippen LogP contribution in [0.1, 0.15) is 74.7 Å². The summed E-state index contributed by atoms with van der Waals surface area (Å²) in [4.78, 5) is 0. The second-order valence-electron chi connectivity index (χ2n) is 6.10. The summed E-state index contributed by atoms with van der Waals surface area (Å²) in [5.74, 6) is -4.13. The van der Waals surface area contributed by atoms with Crippen LogP contribution in [0.5, 0.6) is 5.75 Å². The number of unbranched alkanes of at least 4 members (excludes halogenated alkanes) is 1. The first-order valence-electron chi connectivity index (χ1n) is 10.1. The van der Waals surface area contributed by atoms with E-state index in [-0.39, 0.29) is 5.92 Å². The van der Waals surface area contributed by atoms with Crippen molar-refractivity contribution in [2.45, 2.75) is 80.8 Å². The van der Waals surface area contributed by atoms with Gasteiger partial charge in [-0.3, -0.25) is 0 Å². The van der Waals surface area contributed by atoms with Crippen LogP contribution in [0.15, 0.2) is 41.2 Å².